The number of ether oxygens (including phenoxy) is 3. The van der Waals surface area contributed by atoms with Crippen LogP contribution < -0.4 is 19.9 Å². The Hall–Kier alpha value is -2.87. The Kier molecular flexibility index (Phi) is 5.75. The fourth-order valence-electron chi connectivity index (χ4n) is 4.85. The molecular formula is C24H29FN2O5. The van der Waals surface area contributed by atoms with Gasteiger partial charge in [0.05, 0.1) is 36.6 Å². The van der Waals surface area contributed by atoms with Crippen LogP contribution in [0.1, 0.15) is 62.0 Å². The maximum absolute atomic E-state index is 16.0. The fourth-order valence-corrected chi connectivity index (χ4v) is 4.85. The monoisotopic (exact) mass is 444 g/mol. The van der Waals surface area contributed by atoms with Crippen molar-refractivity contribution >= 4 is 5.78 Å². The number of hydrogen-bond acceptors (Lipinski definition) is 6. The maximum Gasteiger partial charge on any atom is 0.197 e. The van der Waals surface area contributed by atoms with E-state index >= 15 is 4.39 Å². The number of carbonyl (C=O) groups excluding carboxylic acids is 1. The number of aromatic nitrogens is 1. The van der Waals surface area contributed by atoms with Crippen LogP contribution in [0.3, 0.4) is 0 Å². The van der Waals surface area contributed by atoms with Gasteiger partial charge in [-0.2, -0.15) is 0 Å². The Labute approximate surface area is 186 Å². The van der Waals surface area contributed by atoms with E-state index in [0.717, 1.165) is 12.8 Å². The minimum atomic E-state index is -0.473. The van der Waals surface area contributed by atoms with Crippen LogP contribution in [-0.2, 0) is 4.74 Å². The Bertz CT molecular complexity index is 1120. The Morgan fingerprint density at radius 3 is 2.66 bits per heavy atom. The third-order valence-electron chi connectivity index (χ3n) is 6.38. The van der Waals surface area contributed by atoms with E-state index in [2.05, 4.69) is 18.9 Å². The molecule has 1 aromatic heterocycles. The molecule has 1 aromatic carbocycles. The van der Waals surface area contributed by atoms with E-state index in [0.29, 0.717) is 29.8 Å². The molecule has 0 spiro atoms. The van der Waals surface area contributed by atoms with Gasteiger partial charge in [-0.25, -0.2) is 4.39 Å². The molecule has 0 N–H and O–H groups in total. The van der Waals surface area contributed by atoms with Crippen LogP contribution in [0.4, 0.5) is 4.39 Å². The number of pyridine rings is 1. The first kappa shape index (κ1) is 22.3. The van der Waals surface area contributed by atoms with E-state index < -0.39 is 5.82 Å². The summed E-state index contributed by atoms with van der Waals surface area (Å²) in [5, 5.41) is 2.07. The van der Waals surface area contributed by atoms with Gasteiger partial charge in [-0.1, -0.05) is 0 Å². The lowest BCUT2D eigenvalue weighted by atomic mass is 9.92. The summed E-state index contributed by atoms with van der Waals surface area (Å²) >= 11 is 0. The topological polar surface area (TPSA) is 70.0 Å². The molecule has 3 heterocycles. The summed E-state index contributed by atoms with van der Waals surface area (Å²) in [5.41, 5.74) is 1.03. The highest BCUT2D eigenvalue weighted by molar-refractivity contribution is 5.94. The molecule has 2 aliphatic heterocycles. The molecule has 8 heteroatoms. The lowest BCUT2D eigenvalue weighted by Gasteiger charge is -2.44. The van der Waals surface area contributed by atoms with Crippen molar-refractivity contribution in [3.63, 3.8) is 0 Å². The van der Waals surface area contributed by atoms with Crippen molar-refractivity contribution in [3.05, 3.63) is 45.5 Å². The van der Waals surface area contributed by atoms with Gasteiger partial charge in [-0.05, 0) is 39.7 Å². The van der Waals surface area contributed by atoms with E-state index in [1.807, 2.05) is 4.68 Å². The van der Waals surface area contributed by atoms with Gasteiger partial charge in [0.2, 0.25) is 0 Å². The Balaban J connectivity index is 1.94. The molecule has 1 atom stereocenters. The average molecular weight is 445 g/mol. The van der Waals surface area contributed by atoms with Crippen molar-refractivity contribution < 1.29 is 23.4 Å². The predicted octanol–water partition coefficient (Wildman–Crippen LogP) is 3.85. The number of benzene rings is 1. The van der Waals surface area contributed by atoms with Gasteiger partial charge in [0.25, 0.3) is 0 Å². The average Bonchev–Trinajstić information content (AvgIpc) is 3.06. The van der Waals surface area contributed by atoms with Crippen LogP contribution in [-0.4, -0.2) is 43.4 Å². The number of rotatable bonds is 7. The second-order valence-corrected chi connectivity index (χ2v) is 8.93. The summed E-state index contributed by atoms with van der Waals surface area (Å²) in [6.07, 6.45) is 3.76. The van der Waals surface area contributed by atoms with Crippen molar-refractivity contribution in [1.82, 2.24) is 4.68 Å². The third-order valence-corrected chi connectivity index (χ3v) is 6.38. The molecule has 32 heavy (non-hydrogen) atoms. The smallest absolute Gasteiger partial charge is 0.197 e. The van der Waals surface area contributed by atoms with Crippen LogP contribution in [0.15, 0.2) is 23.1 Å². The first-order chi connectivity index (χ1) is 15.2. The molecule has 2 aromatic rings. The van der Waals surface area contributed by atoms with Crippen LogP contribution >= 0.6 is 0 Å². The summed E-state index contributed by atoms with van der Waals surface area (Å²) in [6, 6.07) is 2.88. The molecule has 0 radical (unpaired) electrons. The predicted molar refractivity (Wildman–Crippen MR) is 119 cm³/mol. The van der Waals surface area contributed by atoms with Crippen molar-refractivity contribution in [2.24, 2.45) is 0 Å². The summed E-state index contributed by atoms with van der Waals surface area (Å²) < 4.78 is 34.1. The van der Waals surface area contributed by atoms with Crippen LogP contribution in [0.2, 0.25) is 0 Å². The molecule has 0 saturated carbocycles. The van der Waals surface area contributed by atoms with E-state index in [4.69, 9.17) is 14.2 Å². The van der Waals surface area contributed by atoms with Gasteiger partial charge in [-0.3, -0.25) is 19.3 Å². The minimum Gasteiger partial charge on any atom is -0.493 e. The lowest BCUT2D eigenvalue weighted by Crippen LogP contribution is -2.50. The number of carbonyl (C=O) groups is 1. The van der Waals surface area contributed by atoms with Gasteiger partial charge in [0.1, 0.15) is 0 Å². The minimum absolute atomic E-state index is 0.0724. The number of Topliss-reactive ketones (excluding diaryl/α,β-unsaturated/α-hetero) is 1. The standard InChI is InChI=1S/C24H29FN2O5/c1-14(28)16-13-26-18(12-19(16)29)15-11-20(31-5)23(32-10-6-9-30-4)22(25)21(15)17-7-8-24(2,3)27(17)26/h11-13,17H,6-10H2,1-5H3/t17-/m1/s1. The molecule has 1 saturated heterocycles. The molecule has 4 rings (SSSR count). The van der Waals surface area contributed by atoms with E-state index in [1.165, 1.54) is 20.1 Å². The number of methoxy groups -OCH3 is 2. The Morgan fingerprint density at radius 2 is 2.00 bits per heavy atom. The molecule has 0 amide bonds. The zero-order valence-corrected chi connectivity index (χ0v) is 19.2. The molecule has 0 aliphatic carbocycles. The molecule has 172 valence electrons. The molecule has 0 bridgehead atoms. The van der Waals surface area contributed by atoms with E-state index in [1.54, 1.807) is 19.4 Å². The second-order valence-electron chi connectivity index (χ2n) is 8.93. The summed E-state index contributed by atoms with van der Waals surface area (Å²) in [6.45, 7) is 6.34. The van der Waals surface area contributed by atoms with Gasteiger partial charge in [0, 0.05) is 43.5 Å². The summed E-state index contributed by atoms with van der Waals surface area (Å²) in [5.74, 6) is -0.436. The van der Waals surface area contributed by atoms with Crippen molar-refractivity contribution in [3.8, 4) is 22.8 Å². The number of nitrogens with zero attached hydrogens (tertiary/aromatic N) is 2. The van der Waals surface area contributed by atoms with Crippen LogP contribution in [0.25, 0.3) is 11.3 Å². The van der Waals surface area contributed by atoms with Gasteiger partial charge < -0.3 is 14.2 Å². The zero-order chi connectivity index (χ0) is 23.2. The van der Waals surface area contributed by atoms with Gasteiger partial charge in [-0.15, -0.1) is 0 Å². The molecule has 0 unspecified atom stereocenters. The molecule has 7 nitrogen and oxygen atoms in total. The van der Waals surface area contributed by atoms with Crippen molar-refractivity contribution in [2.75, 3.05) is 32.4 Å². The highest BCUT2D eigenvalue weighted by Gasteiger charge is 2.47. The highest BCUT2D eigenvalue weighted by Crippen LogP contribution is 2.52. The first-order valence-corrected chi connectivity index (χ1v) is 10.8. The molecule has 1 fully saturated rings. The fraction of sp³-hybridized carbons (Fsp3) is 0.500. The second kappa shape index (κ2) is 8.24. The van der Waals surface area contributed by atoms with Crippen molar-refractivity contribution in [2.45, 2.75) is 51.6 Å². The number of halogens is 1. The van der Waals surface area contributed by atoms with E-state index in [9.17, 15) is 9.59 Å². The molecule has 2 aliphatic rings. The van der Waals surface area contributed by atoms with Crippen molar-refractivity contribution in [1.29, 1.82) is 0 Å². The highest BCUT2D eigenvalue weighted by atomic mass is 19.1. The van der Waals surface area contributed by atoms with Crippen LogP contribution in [0.5, 0.6) is 11.5 Å². The van der Waals surface area contributed by atoms with Gasteiger partial charge in [0.15, 0.2) is 28.5 Å². The van der Waals surface area contributed by atoms with E-state index in [-0.39, 0.29) is 46.5 Å². The maximum atomic E-state index is 16.0. The largest absolute Gasteiger partial charge is 0.493 e. The summed E-state index contributed by atoms with van der Waals surface area (Å²) in [4.78, 5) is 24.8. The van der Waals surface area contributed by atoms with Crippen LogP contribution in [0, 0.1) is 5.82 Å². The first-order valence-electron chi connectivity index (χ1n) is 10.8. The number of fused-ring (bicyclic) bond motifs is 6. The quantitative estimate of drug-likeness (QED) is 0.477. The third kappa shape index (κ3) is 3.46. The Morgan fingerprint density at radius 1 is 1.25 bits per heavy atom. The number of ketones is 1. The summed E-state index contributed by atoms with van der Waals surface area (Å²) in [7, 11) is 3.07. The normalized spacial score (nSPS) is 18.1. The SMILES string of the molecule is COCCCOc1c(OC)cc2c(c1F)[C@H]1CCC(C)(C)N1n1cc(C(C)=O)c(=O)cc1-2. The zero-order valence-electron chi connectivity index (χ0n) is 19.2. The number of hydrogen-bond donors (Lipinski definition) is 0. The lowest BCUT2D eigenvalue weighted by molar-refractivity contribution is 0.101. The van der Waals surface area contributed by atoms with Gasteiger partial charge >= 0.3 is 0 Å². The molecular weight excluding hydrogens is 415 g/mol.